The molecule has 10 nitrogen and oxygen atoms in total. The number of likely N-dealkylation sites (tertiary alicyclic amines) is 1. The molecule has 0 saturated carbocycles. The molecule has 5 aromatic rings. The Balaban J connectivity index is 1.03. The summed E-state index contributed by atoms with van der Waals surface area (Å²) in [5.74, 6) is -0.831. The second-order valence-electron chi connectivity index (χ2n) is 14.1. The number of rotatable bonds is 13. The number of imide groups is 1. The molecule has 10 heteroatoms. The van der Waals surface area contributed by atoms with Gasteiger partial charge >= 0.3 is 6.09 Å². The SMILES string of the molecule is CN(Cc1ccccc1)CC1CC(c2ccc(CO)cc2)OC(c2ccc(-c3ccccc3CN3C(=O)CC(NC(=O)OCc4ccccc4)C3=O)cc2)O1. The lowest BCUT2D eigenvalue weighted by Gasteiger charge is -2.38. The molecule has 2 N–H and O–H groups in total. The summed E-state index contributed by atoms with van der Waals surface area (Å²) in [5, 5.41) is 12.1. The van der Waals surface area contributed by atoms with Gasteiger partial charge in [0.2, 0.25) is 5.91 Å². The quantitative estimate of drug-likeness (QED) is 0.123. The van der Waals surface area contributed by atoms with Crippen LogP contribution in [0.1, 0.15) is 58.6 Å². The van der Waals surface area contributed by atoms with Crippen molar-refractivity contribution in [3.8, 4) is 11.1 Å². The van der Waals surface area contributed by atoms with Crippen molar-refractivity contribution in [3.05, 3.63) is 167 Å². The van der Waals surface area contributed by atoms with Crippen molar-refractivity contribution in [2.24, 2.45) is 0 Å². The van der Waals surface area contributed by atoms with Gasteiger partial charge in [-0.05, 0) is 46.0 Å². The molecule has 2 heterocycles. The third kappa shape index (κ3) is 9.54. The van der Waals surface area contributed by atoms with E-state index in [0.717, 1.165) is 45.5 Å². The van der Waals surface area contributed by atoms with Gasteiger partial charge in [0.05, 0.1) is 31.8 Å². The van der Waals surface area contributed by atoms with Gasteiger partial charge in [-0.15, -0.1) is 0 Å². The number of likely N-dealkylation sites (N-methyl/N-ethyl adjacent to an activating group) is 1. The number of hydrogen-bond donors (Lipinski definition) is 2. The van der Waals surface area contributed by atoms with Crippen molar-refractivity contribution in [2.45, 2.75) is 63.7 Å². The van der Waals surface area contributed by atoms with Crippen LogP contribution in [0.5, 0.6) is 0 Å². The van der Waals surface area contributed by atoms with Crippen molar-refractivity contribution in [3.63, 3.8) is 0 Å². The summed E-state index contributed by atoms with van der Waals surface area (Å²) in [5.41, 5.74) is 7.36. The molecule has 0 radical (unpaired) electrons. The number of hydrogen-bond acceptors (Lipinski definition) is 8. The minimum Gasteiger partial charge on any atom is -0.445 e. The minimum atomic E-state index is -0.990. The van der Waals surface area contributed by atoms with Crippen LogP contribution in [-0.2, 0) is 50.1 Å². The number of carbonyl (C=O) groups excluding carboxylic acids is 3. The Morgan fingerprint density at radius 2 is 1.45 bits per heavy atom. The third-order valence-electron chi connectivity index (χ3n) is 10.0. The highest BCUT2D eigenvalue weighted by Crippen LogP contribution is 2.39. The first-order valence-corrected chi connectivity index (χ1v) is 18.6. The molecule has 0 aliphatic carbocycles. The summed E-state index contributed by atoms with van der Waals surface area (Å²) in [4.78, 5) is 42.3. The maximum Gasteiger partial charge on any atom is 0.408 e. The molecule has 0 aromatic heterocycles. The van der Waals surface area contributed by atoms with Crippen LogP contribution in [0, 0.1) is 0 Å². The fourth-order valence-electron chi connectivity index (χ4n) is 7.14. The monoisotopic (exact) mass is 739 g/mol. The van der Waals surface area contributed by atoms with Crippen LogP contribution in [0.3, 0.4) is 0 Å². The van der Waals surface area contributed by atoms with Crippen LogP contribution in [0.25, 0.3) is 11.1 Å². The zero-order valence-corrected chi connectivity index (χ0v) is 30.8. The minimum absolute atomic E-state index is 0.0195. The Kier molecular flexibility index (Phi) is 12.1. The number of aliphatic hydroxyl groups is 1. The molecule has 2 aliphatic rings. The van der Waals surface area contributed by atoms with Crippen LogP contribution < -0.4 is 5.32 Å². The Hall–Kier alpha value is -5.65. The van der Waals surface area contributed by atoms with Gasteiger partial charge in [0, 0.05) is 25.1 Å². The van der Waals surface area contributed by atoms with Gasteiger partial charge in [0.25, 0.3) is 5.91 Å². The summed E-state index contributed by atoms with van der Waals surface area (Å²) in [7, 11) is 2.10. The second-order valence-corrected chi connectivity index (χ2v) is 14.1. The Morgan fingerprint density at radius 1 is 0.800 bits per heavy atom. The van der Waals surface area contributed by atoms with Gasteiger partial charge in [-0.25, -0.2) is 4.79 Å². The number of nitrogens with zero attached hydrogens (tertiary/aromatic N) is 2. The molecular formula is C45H45N3O7. The first kappa shape index (κ1) is 37.7. The molecule has 282 valence electrons. The molecular weight excluding hydrogens is 695 g/mol. The van der Waals surface area contributed by atoms with E-state index in [4.69, 9.17) is 14.2 Å². The summed E-state index contributed by atoms with van der Waals surface area (Å²) in [6.45, 7) is 1.61. The average Bonchev–Trinajstić information content (AvgIpc) is 3.48. The van der Waals surface area contributed by atoms with Gasteiger partial charge in [0.15, 0.2) is 6.29 Å². The zero-order valence-electron chi connectivity index (χ0n) is 30.8. The first-order chi connectivity index (χ1) is 26.8. The molecule has 3 amide bonds. The highest BCUT2D eigenvalue weighted by Gasteiger charge is 2.40. The molecule has 4 atom stereocenters. The van der Waals surface area contributed by atoms with E-state index in [1.807, 2.05) is 121 Å². The molecule has 2 fully saturated rings. The second kappa shape index (κ2) is 17.7. The number of benzene rings is 5. The largest absolute Gasteiger partial charge is 0.445 e. The predicted molar refractivity (Wildman–Crippen MR) is 207 cm³/mol. The molecule has 0 bridgehead atoms. The van der Waals surface area contributed by atoms with E-state index >= 15 is 0 Å². The lowest BCUT2D eigenvalue weighted by atomic mass is 9.97. The van der Waals surface area contributed by atoms with Crippen LogP contribution in [0.2, 0.25) is 0 Å². The average molecular weight is 740 g/mol. The molecule has 55 heavy (non-hydrogen) atoms. The van der Waals surface area contributed by atoms with Gasteiger partial charge < -0.3 is 24.6 Å². The summed E-state index contributed by atoms with van der Waals surface area (Å²) >= 11 is 0. The van der Waals surface area contributed by atoms with Gasteiger partial charge in [-0.3, -0.25) is 19.4 Å². The van der Waals surface area contributed by atoms with E-state index in [1.54, 1.807) is 0 Å². The van der Waals surface area contributed by atoms with Crippen molar-refractivity contribution < 1.29 is 33.7 Å². The number of ether oxygens (including phenoxy) is 3. The fourth-order valence-corrected chi connectivity index (χ4v) is 7.14. The summed E-state index contributed by atoms with van der Waals surface area (Å²) in [6.07, 6.45) is -1.12. The third-order valence-corrected chi connectivity index (χ3v) is 10.0. The molecule has 0 spiro atoms. The van der Waals surface area contributed by atoms with Crippen LogP contribution in [0.4, 0.5) is 4.79 Å². The standard InChI is InChI=1S/C45H45N3O7/c1-47(26-31-10-4-2-5-11-31)28-38-24-41(35-18-16-32(29-49)17-19-35)55-44(54-38)36-22-20-34(21-23-36)39-15-9-8-14-37(39)27-48-42(50)25-40(43(48)51)46-45(52)53-30-33-12-6-3-7-13-33/h2-23,38,40-41,44,49H,24-30H2,1H3,(H,46,52). The molecule has 7 rings (SSSR count). The molecule has 2 saturated heterocycles. The summed E-state index contributed by atoms with van der Waals surface area (Å²) < 4.78 is 18.5. The first-order valence-electron chi connectivity index (χ1n) is 18.6. The van der Waals surface area contributed by atoms with Crippen LogP contribution in [-0.4, -0.2) is 58.6 Å². The van der Waals surface area contributed by atoms with E-state index in [0.29, 0.717) is 13.0 Å². The van der Waals surface area contributed by atoms with Crippen molar-refractivity contribution >= 4 is 17.9 Å². The normalized spacial score (nSPS) is 19.8. The van der Waals surface area contributed by atoms with E-state index in [9.17, 15) is 19.5 Å². The van der Waals surface area contributed by atoms with Gasteiger partial charge in [0.1, 0.15) is 12.6 Å². The topological polar surface area (TPSA) is 118 Å². The number of nitrogens with one attached hydrogen (secondary N) is 1. The van der Waals surface area contributed by atoms with Crippen molar-refractivity contribution in [1.29, 1.82) is 0 Å². The maximum absolute atomic E-state index is 13.3. The van der Waals surface area contributed by atoms with E-state index in [-0.39, 0.29) is 44.3 Å². The number of alkyl carbamates (subject to hydrolysis) is 1. The van der Waals surface area contributed by atoms with E-state index in [2.05, 4.69) is 29.4 Å². The van der Waals surface area contributed by atoms with Crippen molar-refractivity contribution in [1.82, 2.24) is 15.1 Å². The lowest BCUT2D eigenvalue weighted by Crippen LogP contribution is -2.41. The van der Waals surface area contributed by atoms with Crippen molar-refractivity contribution in [2.75, 3.05) is 13.6 Å². The molecule has 5 aromatic carbocycles. The Labute approximate surface area is 321 Å². The van der Waals surface area contributed by atoms with E-state index < -0.39 is 24.3 Å². The number of aliphatic hydroxyl groups excluding tert-OH is 1. The zero-order chi connectivity index (χ0) is 38.1. The fraction of sp³-hybridized carbons (Fsp3) is 0.267. The van der Waals surface area contributed by atoms with E-state index in [1.165, 1.54) is 10.5 Å². The maximum atomic E-state index is 13.3. The highest BCUT2D eigenvalue weighted by atomic mass is 16.7. The Morgan fingerprint density at radius 3 is 2.16 bits per heavy atom. The molecule has 4 unspecified atom stereocenters. The van der Waals surface area contributed by atoms with Gasteiger partial charge in [-0.1, -0.05) is 133 Å². The number of amides is 3. The lowest BCUT2D eigenvalue weighted by molar-refractivity contribution is -0.252. The smallest absolute Gasteiger partial charge is 0.408 e. The summed E-state index contributed by atoms with van der Waals surface area (Å²) in [6, 6.07) is 42.1. The number of carbonyl (C=O) groups is 3. The Bertz CT molecular complexity index is 2060. The van der Waals surface area contributed by atoms with Crippen LogP contribution in [0.15, 0.2) is 133 Å². The highest BCUT2D eigenvalue weighted by molar-refractivity contribution is 6.06. The molecule has 2 aliphatic heterocycles. The predicted octanol–water partition coefficient (Wildman–Crippen LogP) is 7.08. The van der Waals surface area contributed by atoms with Gasteiger partial charge in [-0.2, -0.15) is 0 Å². The van der Waals surface area contributed by atoms with Crippen LogP contribution >= 0.6 is 0 Å².